The Morgan fingerprint density at radius 2 is 1.76 bits per heavy atom. The van der Waals surface area contributed by atoms with Crippen molar-refractivity contribution in [1.82, 2.24) is 5.32 Å². The Hall–Kier alpha value is -2.06. The maximum atomic E-state index is 13.4. The molecule has 0 radical (unpaired) electrons. The summed E-state index contributed by atoms with van der Waals surface area (Å²) in [5.41, 5.74) is -0.0473. The van der Waals surface area contributed by atoms with E-state index in [1.165, 1.54) is 24.3 Å². The molecule has 1 N–H and O–H groups in total. The van der Waals surface area contributed by atoms with Gasteiger partial charge in [-0.3, -0.25) is 14.5 Å². The van der Waals surface area contributed by atoms with Crippen LogP contribution in [0.3, 0.4) is 0 Å². The zero-order chi connectivity index (χ0) is 21.0. The highest BCUT2D eigenvalue weighted by atomic mass is 35.5. The molecule has 1 saturated carbocycles. The number of nitrogens with zero attached hydrogens (tertiary/aromatic N) is 1. The van der Waals surface area contributed by atoms with Crippen LogP contribution in [0.25, 0.3) is 0 Å². The molecule has 0 spiro atoms. The van der Waals surface area contributed by atoms with Gasteiger partial charge in [0.1, 0.15) is 0 Å². The Labute approximate surface area is 175 Å². The van der Waals surface area contributed by atoms with Gasteiger partial charge in [0.05, 0.1) is 0 Å². The van der Waals surface area contributed by atoms with Gasteiger partial charge in [-0.05, 0) is 48.6 Å². The standard InChI is InChI=1S/C20H20ClF3N2O2S/c21-13-8-10-15(11-9-13)26(19(28)20(22,23)24)17(16-7-4-12-29-16)18(27)25-14-5-2-1-3-6-14/h4,7-12,14,17H,1-3,5-6H2,(H,25,27). The highest BCUT2D eigenvalue weighted by Crippen LogP contribution is 2.35. The average molecular weight is 445 g/mol. The number of carbonyl (C=O) groups is 2. The van der Waals surface area contributed by atoms with Crippen molar-refractivity contribution in [1.29, 1.82) is 0 Å². The number of alkyl halides is 3. The van der Waals surface area contributed by atoms with Gasteiger partial charge in [0.25, 0.3) is 0 Å². The molecule has 1 aliphatic rings. The number of hydrogen-bond donors (Lipinski definition) is 1. The van der Waals surface area contributed by atoms with Crippen LogP contribution in [-0.4, -0.2) is 24.0 Å². The van der Waals surface area contributed by atoms with E-state index in [1.54, 1.807) is 17.5 Å². The van der Waals surface area contributed by atoms with Gasteiger partial charge in [-0.1, -0.05) is 36.9 Å². The summed E-state index contributed by atoms with van der Waals surface area (Å²) < 4.78 is 40.3. The molecule has 3 rings (SSSR count). The summed E-state index contributed by atoms with van der Waals surface area (Å²) >= 11 is 6.98. The second-order valence-corrected chi connectivity index (χ2v) is 8.33. The van der Waals surface area contributed by atoms with Crippen LogP contribution in [-0.2, 0) is 9.59 Å². The van der Waals surface area contributed by atoms with Crippen molar-refractivity contribution in [2.24, 2.45) is 0 Å². The molecule has 156 valence electrons. The quantitative estimate of drug-likeness (QED) is 0.663. The van der Waals surface area contributed by atoms with E-state index < -0.39 is 24.0 Å². The van der Waals surface area contributed by atoms with Gasteiger partial charge in [-0.2, -0.15) is 13.2 Å². The third kappa shape index (κ3) is 5.30. The van der Waals surface area contributed by atoms with Crippen molar-refractivity contribution in [3.8, 4) is 0 Å². The van der Waals surface area contributed by atoms with E-state index in [2.05, 4.69) is 5.32 Å². The van der Waals surface area contributed by atoms with Crippen molar-refractivity contribution < 1.29 is 22.8 Å². The lowest BCUT2D eigenvalue weighted by atomic mass is 9.95. The van der Waals surface area contributed by atoms with Gasteiger partial charge >= 0.3 is 12.1 Å². The first-order valence-electron chi connectivity index (χ1n) is 9.27. The first-order chi connectivity index (χ1) is 13.8. The van der Waals surface area contributed by atoms with Crippen LogP contribution < -0.4 is 10.2 Å². The molecule has 1 unspecified atom stereocenters. The smallest absolute Gasteiger partial charge is 0.351 e. The van der Waals surface area contributed by atoms with Crippen LogP contribution in [0.4, 0.5) is 18.9 Å². The third-order valence-electron chi connectivity index (χ3n) is 4.84. The van der Waals surface area contributed by atoms with Crippen molar-refractivity contribution in [3.63, 3.8) is 0 Å². The predicted octanol–water partition coefficient (Wildman–Crippen LogP) is 5.49. The molecule has 1 atom stereocenters. The molecule has 9 heteroatoms. The summed E-state index contributed by atoms with van der Waals surface area (Å²) in [4.78, 5) is 26.4. The summed E-state index contributed by atoms with van der Waals surface area (Å²) in [5, 5.41) is 4.83. The molecule has 1 heterocycles. The lowest BCUT2D eigenvalue weighted by Crippen LogP contribution is -2.50. The molecule has 0 saturated heterocycles. The van der Waals surface area contributed by atoms with Gasteiger partial charge in [-0.25, -0.2) is 0 Å². The van der Waals surface area contributed by atoms with Gasteiger partial charge in [0.15, 0.2) is 6.04 Å². The van der Waals surface area contributed by atoms with Crippen LogP contribution in [0.2, 0.25) is 5.02 Å². The minimum atomic E-state index is -5.14. The summed E-state index contributed by atoms with van der Waals surface area (Å²) in [7, 11) is 0. The molecule has 2 amide bonds. The van der Waals surface area contributed by atoms with Gasteiger partial charge < -0.3 is 5.32 Å². The van der Waals surface area contributed by atoms with E-state index in [9.17, 15) is 22.8 Å². The Kier molecular flexibility index (Phi) is 6.85. The molecule has 1 aliphatic carbocycles. The number of thiophene rings is 1. The van der Waals surface area contributed by atoms with Crippen molar-refractivity contribution in [2.45, 2.75) is 50.4 Å². The van der Waals surface area contributed by atoms with Crippen LogP contribution in [0.1, 0.15) is 43.0 Å². The van der Waals surface area contributed by atoms with E-state index in [4.69, 9.17) is 11.6 Å². The average Bonchev–Trinajstić information content (AvgIpc) is 3.20. The number of halogens is 4. The first-order valence-corrected chi connectivity index (χ1v) is 10.5. The fourth-order valence-corrected chi connectivity index (χ4v) is 4.41. The van der Waals surface area contributed by atoms with Crippen LogP contribution >= 0.6 is 22.9 Å². The molecule has 4 nitrogen and oxygen atoms in total. The minimum absolute atomic E-state index is 0.0473. The number of benzene rings is 1. The normalized spacial score (nSPS) is 16.3. The maximum Gasteiger partial charge on any atom is 0.471 e. The molecular formula is C20H20ClF3N2O2S. The zero-order valence-corrected chi connectivity index (χ0v) is 17.0. The van der Waals surface area contributed by atoms with Crippen molar-refractivity contribution in [2.75, 3.05) is 4.90 Å². The van der Waals surface area contributed by atoms with Gasteiger partial charge in [0, 0.05) is 21.6 Å². The summed E-state index contributed by atoms with van der Waals surface area (Å²) in [6.45, 7) is 0. The van der Waals surface area contributed by atoms with E-state index in [0.29, 0.717) is 14.8 Å². The van der Waals surface area contributed by atoms with Gasteiger partial charge in [0.2, 0.25) is 5.91 Å². The van der Waals surface area contributed by atoms with E-state index in [-0.39, 0.29) is 11.7 Å². The number of nitrogens with one attached hydrogen (secondary N) is 1. The Morgan fingerprint density at radius 3 is 2.31 bits per heavy atom. The van der Waals surface area contributed by atoms with Crippen molar-refractivity contribution in [3.05, 3.63) is 51.7 Å². The maximum absolute atomic E-state index is 13.4. The lowest BCUT2D eigenvalue weighted by Gasteiger charge is -2.33. The van der Waals surface area contributed by atoms with Crippen LogP contribution in [0.15, 0.2) is 41.8 Å². The lowest BCUT2D eigenvalue weighted by molar-refractivity contribution is -0.171. The van der Waals surface area contributed by atoms with Crippen molar-refractivity contribution >= 4 is 40.4 Å². The number of carbonyl (C=O) groups excluding carboxylic acids is 2. The predicted molar refractivity (Wildman–Crippen MR) is 107 cm³/mol. The third-order valence-corrected chi connectivity index (χ3v) is 6.01. The number of amides is 2. The highest BCUT2D eigenvalue weighted by molar-refractivity contribution is 7.10. The molecule has 1 aromatic carbocycles. The topological polar surface area (TPSA) is 49.4 Å². The van der Waals surface area contributed by atoms with Gasteiger partial charge in [-0.15, -0.1) is 11.3 Å². The number of anilines is 1. The molecule has 0 bridgehead atoms. The molecular weight excluding hydrogens is 425 g/mol. The van der Waals surface area contributed by atoms with Crippen LogP contribution in [0.5, 0.6) is 0 Å². The van der Waals surface area contributed by atoms with Crippen LogP contribution in [0, 0.1) is 0 Å². The summed E-state index contributed by atoms with van der Waals surface area (Å²) in [6, 6.07) is 7.05. The summed E-state index contributed by atoms with van der Waals surface area (Å²) in [6.07, 6.45) is -0.605. The molecule has 0 aliphatic heterocycles. The number of hydrogen-bond acceptors (Lipinski definition) is 3. The summed E-state index contributed by atoms with van der Waals surface area (Å²) in [5.74, 6) is -2.72. The largest absolute Gasteiger partial charge is 0.471 e. The SMILES string of the molecule is O=C(NC1CCCCC1)C(c1cccs1)N(C(=O)C(F)(F)F)c1ccc(Cl)cc1. The fourth-order valence-electron chi connectivity index (χ4n) is 3.47. The molecule has 1 fully saturated rings. The number of rotatable bonds is 5. The van der Waals surface area contributed by atoms with E-state index in [0.717, 1.165) is 43.4 Å². The van der Waals surface area contributed by atoms with E-state index in [1.807, 2.05) is 0 Å². The Bertz CT molecular complexity index is 834. The first kappa shape index (κ1) is 21.6. The Morgan fingerprint density at radius 1 is 1.10 bits per heavy atom. The minimum Gasteiger partial charge on any atom is -0.351 e. The second kappa shape index (κ2) is 9.17. The Balaban J connectivity index is 2.01. The monoisotopic (exact) mass is 444 g/mol. The molecule has 29 heavy (non-hydrogen) atoms. The fraction of sp³-hybridized carbons (Fsp3) is 0.400. The van der Waals surface area contributed by atoms with E-state index >= 15 is 0 Å². The highest BCUT2D eigenvalue weighted by Gasteiger charge is 2.47. The second-order valence-electron chi connectivity index (χ2n) is 6.91. The molecule has 1 aromatic heterocycles. The zero-order valence-electron chi connectivity index (χ0n) is 15.4. The molecule has 2 aromatic rings.